The van der Waals surface area contributed by atoms with E-state index in [1.165, 1.54) is 49.6 Å². The number of hydrogen-bond donors (Lipinski definition) is 0. The average Bonchev–Trinajstić information content (AvgIpc) is 3.27. The van der Waals surface area contributed by atoms with Crippen LogP contribution >= 0.6 is 0 Å². The van der Waals surface area contributed by atoms with E-state index < -0.39 is 52.8 Å². The number of carbonyl (C=O) groups excluding carboxylic acids is 5. The SMILES string of the molecule is COc1cccc(C(=O)Oc2ccc(C(=O)CN(C(=O)c3ccc([N+](=O)[O-])cc3)N3C(=O)[C@H]4CC=C(C)C[C@H]4C3=O)cc2)c1. The smallest absolute Gasteiger partial charge is 0.343 e. The average molecular weight is 598 g/mol. The minimum atomic E-state index is -0.845. The molecular formula is C32H27N3O9. The fourth-order valence-electron chi connectivity index (χ4n) is 5.22. The fourth-order valence-corrected chi connectivity index (χ4v) is 5.22. The number of fused-ring (bicyclic) bond motifs is 1. The van der Waals surface area contributed by atoms with Crippen molar-refractivity contribution in [2.24, 2.45) is 11.8 Å². The van der Waals surface area contributed by atoms with Crippen molar-refractivity contribution in [2.75, 3.05) is 13.7 Å². The van der Waals surface area contributed by atoms with Crippen LogP contribution in [0.1, 0.15) is 50.8 Å². The standard InChI is InChI=1S/C32H27N3O9/c1-19-6-15-26-27(16-19)31(39)34(30(26)38)33(29(37)21-7-11-23(12-8-21)35(41)42)18-28(36)20-9-13-24(14-10-20)44-32(40)22-4-3-5-25(17-22)43-2/h3-14,17,26-27H,15-16,18H2,1-2H3/t26-,27+/m0/s1. The first-order valence-corrected chi connectivity index (χ1v) is 13.7. The summed E-state index contributed by atoms with van der Waals surface area (Å²) < 4.78 is 10.5. The summed E-state index contributed by atoms with van der Waals surface area (Å²) in [6.45, 7) is 1.19. The predicted molar refractivity (Wildman–Crippen MR) is 155 cm³/mol. The quantitative estimate of drug-likeness (QED) is 0.0664. The van der Waals surface area contributed by atoms with Gasteiger partial charge in [-0.05, 0) is 74.4 Å². The second-order valence-electron chi connectivity index (χ2n) is 10.4. The predicted octanol–water partition coefficient (Wildman–Crippen LogP) is 4.40. The molecule has 1 aliphatic heterocycles. The monoisotopic (exact) mass is 597 g/mol. The van der Waals surface area contributed by atoms with Gasteiger partial charge in [-0.1, -0.05) is 17.7 Å². The molecule has 0 saturated carbocycles. The van der Waals surface area contributed by atoms with Crippen molar-refractivity contribution >= 4 is 35.2 Å². The Morgan fingerprint density at radius 3 is 2.23 bits per heavy atom. The minimum Gasteiger partial charge on any atom is -0.497 e. The lowest BCUT2D eigenvalue weighted by molar-refractivity contribution is -0.384. The van der Waals surface area contributed by atoms with Crippen LogP contribution in [-0.2, 0) is 9.59 Å². The Morgan fingerprint density at radius 2 is 1.57 bits per heavy atom. The molecule has 0 bridgehead atoms. The van der Waals surface area contributed by atoms with Gasteiger partial charge in [-0.2, -0.15) is 5.01 Å². The third kappa shape index (κ3) is 5.95. The van der Waals surface area contributed by atoms with Crippen LogP contribution < -0.4 is 9.47 Å². The number of nitro benzene ring substituents is 1. The molecule has 12 heteroatoms. The summed E-state index contributed by atoms with van der Waals surface area (Å²) in [5.41, 5.74) is 1.04. The number of benzene rings is 3. The molecule has 0 radical (unpaired) electrons. The number of esters is 1. The number of carbonyl (C=O) groups is 5. The van der Waals surface area contributed by atoms with Gasteiger partial charge in [0.05, 0.1) is 29.4 Å². The maximum Gasteiger partial charge on any atom is 0.343 e. The van der Waals surface area contributed by atoms with Crippen molar-refractivity contribution in [3.63, 3.8) is 0 Å². The minimum absolute atomic E-state index is 0.0482. The molecule has 2 aliphatic rings. The summed E-state index contributed by atoms with van der Waals surface area (Å²) >= 11 is 0. The number of imide groups is 1. The summed E-state index contributed by atoms with van der Waals surface area (Å²) in [5.74, 6) is -3.95. The highest BCUT2D eigenvalue weighted by Crippen LogP contribution is 2.38. The number of nitrogens with zero attached hydrogens (tertiary/aromatic N) is 3. The van der Waals surface area contributed by atoms with Crippen molar-refractivity contribution in [2.45, 2.75) is 19.8 Å². The molecule has 12 nitrogen and oxygen atoms in total. The molecule has 3 amide bonds. The largest absolute Gasteiger partial charge is 0.497 e. The number of allylic oxidation sites excluding steroid dienone is 2. The second kappa shape index (κ2) is 12.3. The highest BCUT2D eigenvalue weighted by molar-refractivity contribution is 6.10. The number of amides is 3. The van der Waals surface area contributed by atoms with Crippen LogP contribution in [0, 0.1) is 22.0 Å². The number of ketones is 1. The van der Waals surface area contributed by atoms with Gasteiger partial charge in [-0.25, -0.2) is 9.80 Å². The van der Waals surface area contributed by atoms with Gasteiger partial charge in [0.2, 0.25) is 0 Å². The molecule has 1 aliphatic carbocycles. The summed E-state index contributed by atoms with van der Waals surface area (Å²) in [4.78, 5) is 77.0. The highest BCUT2D eigenvalue weighted by atomic mass is 16.6. The van der Waals surface area contributed by atoms with Crippen molar-refractivity contribution in [3.8, 4) is 11.5 Å². The van der Waals surface area contributed by atoms with Crippen LogP contribution in [-0.4, -0.2) is 58.1 Å². The first-order chi connectivity index (χ1) is 21.1. The van der Waals surface area contributed by atoms with Gasteiger partial charge in [0.15, 0.2) is 5.78 Å². The third-order valence-electron chi connectivity index (χ3n) is 7.59. The van der Waals surface area contributed by atoms with Gasteiger partial charge in [-0.15, -0.1) is 0 Å². The molecule has 0 spiro atoms. The van der Waals surface area contributed by atoms with E-state index in [1.54, 1.807) is 18.2 Å². The van der Waals surface area contributed by atoms with Gasteiger partial charge < -0.3 is 9.47 Å². The van der Waals surface area contributed by atoms with Crippen LogP contribution in [0.2, 0.25) is 0 Å². The number of methoxy groups -OCH3 is 1. The Hall–Kier alpha value is -5.65. The van der Waals surface area contributed by atoms with E-state index in [4.69, 9.17) is 9.47 Å². The molecule has 1 saturated heterocycles. The van der Waals surface area contributed by atoms with Crippen LogP contribution in [0.5, 0.6) is 11.5 Å². The number of hydrogen-bond acceptors (Lipinski definition) is 9. The van der Waals surface area contributed by atoms with Gasteiger partial charge in [0.25, 0.3) is 23.4 Å². The van der Waals surface area contributed by atoms with Crippen molar-refractivity contribution in [1.29, 1.82) is 0 Å². The van der Waals surface area contributed by atoms with Crippen LogP contribution in [0.3, 0.4) is 0 Å². The normalized spacial score (nSPS) is 17.4. The Balaban J connectivity index is 1.38. The summed E-state index contributed by atoms with van der Waals surface area (Å²) in [6.07, 6.45) is 2.57. The van der Waals surface area contributed by atoms with Gasteiger partial charge in [0.1, 0.15) is 18.0 Å². The molecule has 1 heterocycles. The van der Waals surface area contributed by atoms with E-state index in [0.717, 1.165) is 27.7 Å². The highest BCUT2D eigenvalue weighted by Gasteiger charge is 2.51. The first-order valence-electron chi connectivity index (χ1n) is 13.7. The number of Topliss-reactive ketones (excluding diaryl/α,β-unsaturated/α-hetero) is 1. The molecule has 1 fully saturated rings. The zero-order valence-corrected chi connectivity index (χ0v) is 23.8. The molecule has 5 rings (SSSR count). The number of hydrazine groups is 1. The van der Waals surface area contributed by atoms with Crippen LogP contribution in [0.4, 0.5) is 5.69 Å². The maximum atomic E-state index is 13.7. The Labute approximate surface area is 251 Å². The number of ether oxygens (including phenoxy) is 2. The van der Waals surface area contributed by atoms with Gasteiger partial charge in [-0.3, -0.25) is 29.3 Å². The molecule has 0 N–H and O–H groups in total. The van der Waals surface area contributed by atoms with Crippen molar-refractivity contribution < 1.29 is 38.4 Å². The van der Waals surface area contributed by atoms with Gasteiger partial charge >= 0.3 is 5.97 Å². The third-order valence-corrected chi connectivity index (χ3v) is 7.59. The maximum absolute atomic E-state index is 13.7. The lowest BCUT2D eigenvalue weighted by Gasteiger charge is -2.30. The molecule has 0 unspecified atom stereocenters. The molecule has 224 valence electrons. The Morgan fingerprint density at radius 1 is 0.909 bits per heavy atom. The van der Waals surface area contributed by atoms with E-state index in [2.05, 4.69) is 0 Å². The second-order valence-corrected chi connectivity index (χ2v) is 10.4. The molecule has 0 aromatic heterocycles. The molecular weight excluding hydrogens is 570 g/mol. The summed E-state index contributed by atoms with van der Waals surface area (Å²) in [6, 6.07) is 16.7. The molecule has 3 aromatic carbocycles. The lowest BCUT2D eigenvalue weighted by Crippen LogP contribution is -2.52. The van der Waals surface area contributed by atoms with Crippen molar-refractivity contribution in [1.82, 2.24) is 10.0 Å². The lowest BCUT2D eigenvalue weighted by atomic mass is 9.82. The van der Waals surface area contributed by atoms with E-state index in [1.807, 2.05) is 13.0 Å². The number of rotatable bonds is 9. The van der Waals surface area contributed by atoms with E-state index in [0.29, 0.717) is 18.6 Å². The zero-order chi connectivity index (χ0) is 31.5. The molecule has 3 aromatic rings. The van der Waals surface area contributed by atoms with Crippen LogP contribution in [0.25, 0.3) is 0 Å². The Bertz CT molecular complexity index is 1700. The summed E-state index contributed by atoms with van der Waals surface area (Å²) in [5, 5.41) is 12.6. The first kappa shape index (κ1) is 29.8. The summed E-state index contributed by atoms with van der Waals surface area (Å²) in [7, 11) is 1.47. The topological polar surface area (TPSA) is 153 Å². The fraction of sp³-hybridized carbons (Fsp3) is 0.219. The van der Waals surface area contributed by atoms with Crippen LogP contribution in [0.15, 0.2) is 84.4 Å². The molecule has 44 heavy (non-hydrogen) atoms. The zero-order valence-electron chi connectivity index (χ0n) is 23.8. The van der Waals surface area contributed by atoms with E-state index >= 15 is 0 Å². The Kier molecular flexibility index (Phi) is 8.34. The van der Waals surface area contributed by atoms with E-state index in [9.17, 15) is 34.1 Å². The van der Waals surface area contributed by atoms with Gasteiger partial charge in [0, 0.05) is 23.3 Å². The number of nitro groups is 1. The number of non-ortho nitro benzene ring substituents is 1. The molecule has 2 atom stereocenters. The van der Waals surface area contributed by atoms with E-state index in [-0.39, 0.29) is 28.1 Å². The van der Waals surface area contributed by atoms with Crippen molar-refractivity contribution in [3.05, 3.63) is 111 Å².